The van der Waals surface area contributed by atoms with E-state index >= 15 is 0 Å². The molecule has 3 aromatic carbocycles. The number of hydrogen-bond acceptors (Lipinski definition) is 1. The first-order valence-corrected chi connectivity index (χ1v) is 10.4. The summed E-state index contributed by atoms with van der Waals surface area (Å²) in [4.78, 5) is 0. The van der Waals surface area contributed by atoms with E-state index in [9.17, 15) is 30.7 Å². The highest BCUT2D eigenvalue weighted by molar-refractivity contribution is 5.64. The molecule has 0 N–H and O–H groups in total. The molecular formula is C25H19F7O. The molecule has 1 saturated carbocycles. The van der Waals surface area contributed by atoms with Gasteiger partial charge in [-0.3, -0.25) is 0 Å². The Morgan fingerprint density at radius 1 is 0.758 bits per heavy atom. The van der Waals surface area contributed by atoms with E-state index in [1.54, 1.807) is 12.1 Å². The molecule has 0 aliphatic heterocycles. The van der Waals surface area contributed by atoms with E-state index in [1.165, 1.54) is 0 Å². The molecule has 2 atom stereocenters. The largest absolute Gasteiger partial charge is 0.432 e. The van der Waals surface area contributed by atoms with Crippen molar-refractivity contribution in [3.05, 3.63) is 88.7 Å². The second-order valence-electron chi connectivity index (χ2n) is 8.37. The van der Waals surface area contributed by atoms with Gasteiger partial charge in [0.2, 0.25) is 0 Å². The van der Waals surface area contributed by atoms with Gasteiger partial charge in [-0.2, -0.15) is 8.78 Å². The van der Waals surface area contributed by atoms with Crippen LogP contribution in [0.25, 0.3) is 11.1 Å². The van der Waals surface area contributed by atoms with Crippen LogP contribution in [0.5, 0.6) is 5.75 Å². The Bertz CT molecular complexity index is 1130. The fourth-order valence-electron chi connectivity index (χ4n) is 4.27. The summed E-state index contributed by atoms with van der Waals surface area (Å²) in [6.07, 6.45) is -1.35. The minimum absolute atomic E-state index is 0.0368. The second-order valence-corrected chi connectivity index (χ2v) is 8.37. The van der Waals surface area contributed by atoms with Gasteiger partial charge in [-0.05, 0) is 53.5 Å². The molecule has 0 spiro atoms. The van der Waals surface area contributed by atoms with E-state index in [-0.39, 0.29) is 17.7 Å². The first kappa shape index (κ1) is 23.1. The normalized spacial score (nSPS) is 18.5. The Balaban J connectivity index is 1.60. The predicted molar refractivity (Wildman–Crippen MR) is 108 cm³/mol. The van der Waals surface area contributed by atoms with Gasteiger partial charge in [-0.15, -0.1) is 0 Å². The smallest absolute Gasteiger partial charge is 0.429 e. The van der Waals surface area contributed by atoms with Gasteiger partial charge in [0, 0.05) is 12.1 Å². The Morgan fingerprint density at radius 2 is 1.33 bits per heavy atom. The van der Waals surface area contributed by atoms with Gasteiger partial charge < -0.3 is 4.74 Å². The number of rotatable bonds is 5. The third kappa shape index (κ3) is 4.70. The van der Waals surface area contributed by atoms with Crippen molar-refractivity contribution in [2.45, 2.75) is 38.2 Å². The standard InChI is InChI=1S/C25H19F7O/c1-13-2-3-16(8-13)14-4-6-15(7-5-14)17-9-19(26)23(20(27)10-17)25(31,32)33-18-11-21(28)24(30)22(29)12-18/h4-7,9-13,16H,2-3,8H2,1H3. The van der Waals surface area contributed by atoms with Crippen molar-refractivity contribution >= 4 is 0 Å². The first-order chi connectivity index (χ1) is 15.5. The highest BCUT2D eigenvalue weighted by Crippen LogP contribution is 2.40. The van der Waals surface area contributed by atoms with Crippen molar-refractivity contribution in [3.63, 3.8) is 0 Å². The molecule has 3 aromatic rings. The Kier molecular flexibility index (Phi) is 6.12. The molecule has 4 rings (SSSR count). The maximum atomic E-state index is 14.6. The van der Waals surface area contributed by atoms with Gasteiger partial charge in [0.25, 0.3) is 0 Å². The summed E-state index contributed by atoms with van der Waals surface area (Å²) < 4.78 is 102. The predicted octanol–water partition coefficient (Wildman–Crippen LogP) is 8.08. The van der Waals surface area contributed by atoms with Gasteiger partial charge in [0.1, 0.15) is 22.9 Å². The highest BCUT2D eigenvalue weighted by atomic mass is 19.3. The molecule has 33 heavy (non-hydrogen) atoms. The Labute approximate surface area is 185 Å². The van der Waals surface area contributed by atoms with Crippen LogP contribution < -0.4 is 4.74 Å². The van der Waals surface area contributed by atoms with Crippen molar-refractivity contribution < 1.29 is 35.5 Å². The summed E-state index contributed by atoms with van der Waals surface area (Å²) >= 11 is 0. The van der Waals surface area contributed by atoms with E-state index in [0.717, 1.165) is 37.0 Å². The van der Waals surface area contributed by atoms with Crippen LogP contribution in [0.1, 0.15) is 43.2 Å². The molecule has 1 nitrogen and oxygen atoms in total. The van der Waals surface area contributed by atoms with Crippen LogP contribution in [0.4, 0.5) is 30.7 Å². The van der Waals surface area contributed by atoms with Gasteiger partial charge in [0.05, 0.1) is 0 Å². The molecule has 2 unspecified atom stereocenters. The number of hydrogen-bond donors (Lipinski definition) is 0. The average Bonchev–Trinajstić information content (AvgIpc) is 3.17. The van der Waals surface area contributed by atoms with Gasteiger partial charge in [0.15, 0.2) is 17.5 Å². The monoisotopic (exact) mass is 468 g/mol. The molecule has 1 aliphatic rings. The maximum absolute atomic E-state index is 14.6. The zero-order valence-electron chi connectivity index (χ0n) is 17.4. The number of ether oxygens (including phenoxy) is 1. The SMILES string of the molecule is CC1CCC(c2ccc(-c3cc(F)c(C(F)(F)Oc4cc(F)c(F)c(F)c4)c(F)c3)cc2)C1. The van der Waals surface area contributed by atoms with Crippen LogP contribution in [-0.4, -0.2) is 0 Å². The summed E-state index contributed by atoms with van der Waals surface area (Å²) in [7, 11) is 0. The molecule has 0 radical (unpaired) electrons. The van der Waals surface area contributed by atoms with Gasteiger partial charge >= 0.3 is 6.11 Å². The number of halogens is 7. The van der Waals surface area contributed by atoms with Crippen molar-refractivity contribution in [1.82, 2.24) is 0 Å². The molecule has 0 saturated heterocycles. The zero-order chi connectivity index (χ0) is 23.9. The average molecular weight is 468 g/mol. The van der Waals surface area contributed by atoms with Crippen molar-refractivity contribution in [3.8, 4) is 16.9 Å². The summed E-state index contributed by atoms with van der Waals surface area (Å²) in [5.41, 5.74) is -0.150. The lowest BCUT2D eigenvalue weighted by Crippen LogP contribution is -2.25. The number of alkyl halides is 2. The first-order valence-electron chi connectivity index (χ1n) is 10.4. The van der Waals surface area contributed by atoms with Crippen molar-refractivity contribution in [2.24, 2.45) is 5.92 Å². The van der Waals surface area contributed by atoms with E-state index in [1.807, 2.05) is 12.1 Å². The lowest BCUT2D eigenvalue weighted by Gasteiger charge is -2.20. The molecular weight excluding hydrogens is 449 g/mol. The molecule has 0 amide bonds. The van der Waals surface area contributed by atoms with E-state index in [0.29, 0.717) is 17.4 Å². The third-order valence-electron chi connectivity index (χ3n) is 5.95. The molecule has 0 bridgehead atoms. The van der Waals surface area contributed by atoms with Crippen molar-refractivity contribution in [2.75, 3.05) is 0 Å². The molecule has 0 heterocycles. The quantitative estimate of drug-likeness (QED) is 0.272. The summed E-state index contributed by atoms with van der Waals surface area (Å²) in [6.45, 7) is 2.18. The van der Waals surface area contributed by atoms with Crippen LogP contribution >= 0.6 is 0 Å². The summed E-state index contributed by atoms with van der Waals surface area (Å²) in [5.74, 6) is -8.74. The molecule has 1 aliphatic carbocycles. The van der Waals surface area contributed by atoms with E-state index in [4.69, 9.17) is 0 Å². The second kappa shape index (κ2) is 8.72. The highest BCUT2D eigenvalue weighted by Gasteiger charge is 2.41. The Morgan fingerprint density at radius 3 is 1.85 bits per heavy atom. The van der Waals surface area contributed by atoms with Gasteiger partial charge in [-0.25, -0.2) is 22.0 Å². The van der Waals surface area contributed by atoms with Crippen LogP contribution in [0.3, 0.4) is 0 Å². The topological polar surface area (TPSA) is 9.23 Å². The van der Waals surface area contributed by atoms with Crippen LogP contribution in [0.2, 0.25) is 0 Å². The van der Waals surface area contributed by atoms with Crippen molar-refractivity contribution in [1.29, 1.82) is 0 Å². The lowest BCUT2D eigenvalue weighted by molar-refractivity contribution is -0.189. The van der Waals surface area contributed by atoms with Crippen LogP contribution in [-0.2, 0) is 6.11 Å². The maximum Gasteiger partial charge on any atom is 0.432 e. The zero-order valence-corrected chi connectivity index (χ0v) is 17.4. The van der Waals surface area contributed by atoms with E-state index in [2.05, 4.69) is 11.7 Å². The minimum atomic E-state index is -4.62. The fraction of sp³-hybridized carbons (Fsp3) is 0.280. The molecule has 8 heteroatoms. The van der Waals surface area contributed by atoms with Crippen LogP contribution in [0.15, 0.2) is 48.5 Å². The summed E-state index contributed by atoms with van der Waals surface area (Å²) in [6, 6.07) is 8.83. The van der Waals surface area contributed by atoms with Crippen LogP contribution in [0, 0.1) is 35.0 Å². The summed E-state index contributed by atoms with van der Waals surface area (Å²) in [5, 5.41) is 0. The van der Waals surface area contributed by atoms with E-state index < -0.39 is 46.5 Å². The number of benzene rings is 3. The van der Waals surface area contributed by atoms with Gasteiger partial charge in [-0.1, -0.05) is 37.6 Å². The lowest BCUT2D eigenvalue weighted by atomic mass is 9.94. The molecule has 0 aromatic heterocycles. The minimum Gasteiger partial charge on any atom is -0.429 e. The fourth-order valence-corrected chi connectivity index (χ4v) is 4.27. The molecule has 174 valence electrons. The Hall–Kier alpha value is -3.03. The third-order valence-corrected chi connectivity index (χ3v) is 5.95. The molecule has 1 fully saturated rings.